The van der Waals surface area contributed by atoms with Crippen LogP contribution in [0.1, 0.15) is 17.3 Å². The number of furan rings is 1. The maximum atomic E-state index is 8.56. The molecule has 0 saturated heterocycles. The Balaban J connectivity index is 2.07. The number of rotatable bonds is 4. The van der Waals surface area contributed by atoms with Crippen molar-refractivity contribution < 1.29 is 4.42 Å². The largest absolute Gasteiger partial charge is 0.465 e. The fourth-order valence-corrected chi connectivity index (χ4v) is 1.54. The van der Waals surface area contributed by atoms with E-state index >= 15 is 0 Å². The summed E-state index contributed by atoms with van der Waals surface area (Å²) in [4.78, 5) is 8.30. The van der Waals surface area contributed by atoms with Crippen molar-refractivity contribution in [1.29, 1.82) is 5.26 Å². The van der Waals surface area contributed by atoms with Crippen molar-refractivity contribution in [3.05, 3.63) is 35.5 Å². The first kappa shape index (κ1) is 11.9. The van der Waals surface area contributed by atoms with Gasteiger partial charge in [-0.2, -0.15) is 5.26 Å². The van der Waals surface area contributed by atoms with Crippen molar-refractivity contribution >= 4 is 11.6 Å². The molecule has 0 aliphatic heterocycles. The molecule has 2 aromatic heterocycles. The summed E-state index contributed by atoms with van der Waals surface area (Å²) in [7, 11) is 0. The highest BCUT2D eigenvalue weighted by molar-refractivity contribution is 5.49. The first-order valence-electron chi connectivity index (χ1n) is 5.47. The smallest absolute Gasteiger partial charge is 0.182 e. The maximum absolute atomic E-state index is 8.56. The molecule has 2 rings (SSSR count). The van der Waals surface area contributed by atoms with Crippen molar-refractivity contribution in [2.45, 2.75) is 20.4 Å². The van der Waals surface area contributed by atoms with E-state index in [-0.39, 0.29) is 0 Å². The lowest BCUT2D eigenvalue weighted by Gasteiger charge is -2.06. The molecule has 0 saturated carbocycles. The van der Waals surface area contributed by atoms with Crippen molar-refractivity contribution in [2.24, 2.45) is 0 Å². The number of anilines is 2. The van der Waals surface area contributed by atoms with Crippen LogP contribution in [0.5, 0.6) is 0 Å². The van der Waals surface area contributed by atoms with E-state index in [9.17, 15) is 0 Å². The molecule has 0 unspecified atom stereocenters. The number of hydrogen-bond acceptors (Lipinski definition) is 6. The fraction of sp³-hybridized carbons (Fsp3) is 0.250. The van der Waals surface area contributed by atoms with Crippen LogP contribution in [-0.2, 0) is 6.54 Å². The molecule has 6 heteroatoms. The van der Waals surface area contributed by atoms with Gasteiger partial charge in [-0.25, -0.2) is 9.97 Å². The van der Waals surface area contributed by atoms with Gasteiger partial charge in [-0.15, -0.1) is 0 Å². The van der Waals surface area contributed by atoms with Gasteiger partial charge in [0.05, 0.1) is 6.54 Å². The van der Waals surface area contributed by atoms with Crippen LogP contribution in [0.2, 0.25) is 0 Å². The number of nitrogens with one attached hydrogen (secondary N) is 2. The molecule has 0 bridgehead atoms. The van der Waals surface area contributed by atoms with Crippen molar-refractivity contribution in [2.75, 3.05) is 10.6 Å². The van der Waals surface area contributed by atoms with Gasteiger partial charge >= 0.3 is 0 Å². The van der Waals surface area contributed by atoms with E-state index in [1.54, 1.807) is 13.0 Å². The molecular formula is C12H13N5O. The molecule has 0 aromatic carbocycles. The van der Waals surface area contributed by atoms with Crippen LogP contribution in [-0.4, -0.2) is 9.97 Å². The third kappa shape index (κ3) is 2.98. The second kappa shape index (κ2) is 5.19. The van der Waals surface area contributed by atoms with Gasteiger partial charge in [0.1, 0.15) is 29.0 Å². The molecule has 2 heterocycles. The topological polar surface area (TPSA) is 86.8 Å². The Morgan fingerprint density at radius 3 is 2.72 bits per heavy atom. The lowest BCUT2D eigenvalue weighted by molar-refractivity contribution is 0.490. The number of nitriles is 1. The highest BCUT2D eigenvalue weighted by Gasteiger charge is 2.03. The van der Waals surface area contributed by atoms with Gasteiger partial charge in [0, 0.05) is 6.07 Å². The average Bonchev–Trinajstić information content (AvgIpc) is 2.72. The van der Waals surface area contributed by atoms with Crippen LogP contribution in [0.15, 0.2) is 22.6 Å². The highest BCUT2D eigenvalue weighted by atomic mass is 16.3. The van der Waals surface area contributed by atoms with E-state index in [2.05, 4.69) is 20.6 Å². The molecule has 0 fully saturated rings. The van der Waals surface area contributed by atoms with Crippen LogP contribution < -0.4 is 10.6 Å². The highest BCUT2D eigenvalue weighted by Crippen LogP contribution is 2.13. The van der Waals surface area contributed by atoms with Crippen molar-refractivity contribution in [1.82, 2.24) is 9.97 Å². The monoisotopic (exact) mass is 243 g/mol. The van der Waals surface area contributed by atoms with Crippen molar-refractivity contribution in [3.63, 3.8) is 0 Å². The van der Waals surface area contributed by atoms with E-state index in [1.807, 2.05) is 25.2 Å². The van der Waals surface area contributed by atoms with Crippen LogP contribution >= 0.6 is 0 Å². The van der Waals surface area contributed by atoms with Gasteiger partial charge in [0.25, 0.3) is 0 Å². The molecule has 0 radical (unpaired) electrons. The number of aryl methyl sites for hydroxylation is 2. The minimum Gasteiger partial charge on any atom is -0.465 e. The number of nitrogens with zero attached hydrogens (tertiary/aromatic N) is 3. The Morgan fingerprint density at radius 2 is 2.06 bits per heavy atom. The minimum absolute atomic E-state index is 0.475. The third-order valence-electron chi connectivity index (χ3n) is 2.26. The van der Waals surface area contributed by atoms with Crippen LogP contribution in [0.3, 0.4) is 0 Å². The van der Waals surface area contributed by atoms with Crippen LogP contribution in [0.25, 0.3) is 0 Å². The zero-order chi connectivity index (χ0) is 13.0. The second-order valence-electron chi connectivity index (χ2n) is 3.79. The minimum atomic E-state index is 0.475. The van der Waals surface area contributed by atoms with Gasteiger partial charge in [-0.05, 0) is 26.0 Å². The van der Waals surface area contributed by atoms with Crippen LogP contribution in [0.4, 0.5) is 11.6 Å². The summed E-state index contributed by atoms with van der Waals surface area (Å²) in [5, 5.41) is 14.2. The Hall–Kier alpha value is -2.55. The first-order valence-corrected chi connectivity index (χ1v) is 5.47. The van der Waals surface area contributed by atoms with Gasteiger partial charge in [0.2, 0.25) is 0 Å². The average molecular weight is 243 g/mol. The van der Waals surface area contributed by atoms with Gasteiger partial charge in [0.15, 0.2) is 6.19 Å². The summed E-state index contributed by atoms with van der Waals surface area (Å²) in [6, 6.07) is 5.49. The van der Waals surface area contributed by atoms with Crippen molar-refractivity contribution in [3.8, 4) is 6.19 Å². The maximum Gasteiger partial charge on any atom is 0.182 e. The molecule has 0 aliphatic carbocycles. The number of aromatic nitrogens is 2. The molecule has 92 valence electrons. The second-order valence-corrected chi connectivity index (χ2v) is 3.79. The molecule has 0 spiro atoms. The van der Waals surface area contributed by atoms with Crippen LogP contribution in [0, 0.1) is 25.3 Å². The summed E-state index contributed by atoms with van der Waals surface area (Å²) >= 11 is 0. The molecule has 2 N–H and O–H groups in total. The summed E-state index contributed by atoms with van der Waals surface area (Å²) in [6.07, 6.45) is 1.83. The quantitative estimate of drug-likeness (QED) is 0.632. The molecule has 0 atom stereocenters. The molecular weight excluding hydrogens is 230 g/mol. The zero-order valence-electron chi connectivity index (χ0n) is 10.2. The van der Waals surface area contributed by atoms with E-state index in [0.717, 1.165) is 11.5 Å². The van der Waals surface area contributed by atoms with E-state index in [1.165, 1.54) is 0 Å². The fourth-order valence-electron chi connectivity index (χ4n) is 1.54. The van der Waals surface area contributed by atoms with Gasteiger partial charge in [-0.3, -0.25) is 5.32 Å². The standard InChI is InChI=1S/C12H13N5O/c1-8-3-4-10(18-8)6-14-11-5-12(15-7-13)17-9(2)16-11/h3-5H,6H2,1-2H3,(H2,14,15,16,17). The summed E-state index contributed by atoms with van der Waals surface area (Å²) in [5.41, 5.74) is 0. The summed E-state index contributed by atoms with van der Waals surface area (Å²) < 4.78 is 5.44. The van der Waals surface area contributed by atoms with E-state index in [4.69, 9.17) is 9.68 Å². The summed E-state index contributed by atoms with van der Waals surface area (Å²) in [6.45, 7) is 4.20. The Labute approximate surface area is 105 Å². The molecule has 0 amide bonds. The predicted octanol–water partition coefficient (Wildman–Crippen LogP) is 2.19. The SMILES string of the molecule is Cc1nc(NC#N)cc(NCc2ccc(C)o2)n1. The Kier molecular flexibility index (Phi) is 3.44. The normalized spacial score (nSPS) is 9.83. The predicted molar refractivity (Wildman–Crippen MR) is 66.8 cm³/mol. The molecule has 18 heavy (non-hydrogen) atoms. The Bertz CT molecular complexity index is 584. The zero-order valence-corrected chi connectivity index (χ0v) is 10.2. The third-order valence-corrected chi connectivity index (χ3v) is 2.26. The van der Waals surface area contributed by atoms with Gasteiger partial charge < -0.3 is 9.73 Å². The van der Waals surface area contributed by atoms with E-state index in [0.29, 0.717) is 24.0 Å². The molecule has 6 nitrogen and oxygen atoms in total. The summed E-state index contributed by atoms with van der Waals surface area (Å²) in [5.74, 6) is 3.42. The van der Waals surface area contributed by atoms with E-state index < -0.39 is 0 Å². The number of hydrogen-bond donors (Lipinski definition) is 2. The Morgan fingerprint density at radius 1 is 1.28 bits per heavy atom. The molecule has 0 aliphatic rings. The molecule has 2 aromatic rings. The lowest BCUT2D eigenvalue weighted by atomic mass is 10.4. The first-order chi connectivity index (χ1) is 8.67. The lowest BCUT2D eigenvalue weighted by Crippen LogP contribution is -2.04. The van der Waals surface area contributed by atoms with Gasteiger partial charge in [-0.1, -0.05) is 0 Å².